The summed E-state index contributed by atoms with van der Waals surface area (Å²) in [6.45, 7) is 9.52. The molecule has 5 heterocycles. The van der Waals surface area contributed by atoms with Crippen molar-refractivity contribution in [3.8, 4) is 11.3 Å². The van der Waals surface area contributed by atoms with Crippen LogP contribution in [0.5, 0.6) is 0 Å². The van der Waals surface area contributed by atoms with Crippen LogP contribution >= 0.6 is 0 Å². The Labute approximate surface area is 297 Å². The molecule has 1 N–H and O–H groups in total. The van der Waals surface area contributed by atoms with Crippen LogP contribution in [0.25, 0.3) is 50.5 Å². The number of furan rings is 1. The van der Waals surface area contributed by atoms with Crippen molar-refractivity contribution < 1.29 is 17.4 Å². The fraction of sp³-hybridized carbons (Fsp3) is 0.250. The lowest BCUT2D eigenvalue weighted by Gasteiger charge is -2.37. The molecule has 0 aliphatic carbocycles. The molecule has 8 nitrogen and oxygen atoms in total. The van der Waals surface area contributed by atoms with Gasteiger partial charge in [0.05, 0.1) is 33.7 Å². The van der Waals surface area contributed by atoms with E-state index in [0.29, 0.717) is 63.8 Å². The van der Waals surface area contributed by atoms with Gasteiger partial charge in [-0.05, 0) is 60.5 Å². The third-order valence-electron chi connectivity index (χ3n) is 9.96. The third kappa shape index (κ3) is 5.74. The predicted molar refractivity (Wildman–Crippen MR) is 204 cm³/mol. The molecule has 0 amide bonds. The van der Waals surface area contributed by atoms with Crippen LogP contribution in [0.2, 0.25) is 0 Å². The Morgan fingerprint density at radius 3 is 2.61 bits per heavy atom. The second-order valence-corrected chi connectivity index (χ2v) is 14.8. The van der Waals surface area contributed by atoms with E-state index in [2.05, 4.69) is 28.1 Å². The topological polar surface area (TPSA) is 78.4 Å². The van der Waals surface area contributed by atoms with E-state index in [4.69, 9.17) is 14.4 Å². The molecule has 0 bridgehead atoms. The van der Waals surface area contributed by atoms with Gasteiger partial charge in [0.2, 0.25) is 0 Å². The summed E-state index contributed by atoms with van der Waals surface area (Å²) in [5.74, 6) is 1.45. The van der Waals surface area contributed by atoms with Crippen LogP contribution in [0.4, 0.5) is 20.2 Å². The van der Waals surface area contributed by atoms with Gasteiger partial charge in [-0.25, -0.2) is 23.0 Å². The third-order valence-corrected chi connectivity index (χ3v) is 10.9. The van der Waals surface area contributed by atoms with Gasteiger partial charge < -0.3 is 14.6 Å². The molecule has 2 aliphatic heterocycles. The molecule has 260 valence electrons. The standard InChI is InChI=1S/C40H38F2N6O2S/c1-23-21-47(22-23)17-16-37-44-32-10-7-9-31(45-39(32)35-19-27-30(42)8-6-11-33(27)48(35)37)28-18-29-36(20-34(28)46(4)51(5)49)50-40(38(29)24(2)43-3)25-12-14-26(41)15-13-25/h6-8,10-15,18-20,23,43H,2,9,16-17,21-22H2,1,3-5H3. The van der Waals surface area contributed by atoms with Crippen LogP contribution in [-0.2, 0) is 17.4 Å². The number of nitrogens with one attached hydrogen (secondary N) is 1. The molecule has 1 atom stereocenters. The summed E-state index contributed by atoms with van der Waals surface area (Å²) in [5, 5.41) is 4.44. The lowest BCUT2D eigenvalue weighted by atomic mass is 9.98. The smallest absolute Gasteiger partial charge is 0.144 e. The number of fused-ring (bicyclic) bond motifs is 6. The highest BCUT2D eigenvalue weighted by molar-refractivity contribution is 7.85. The average Bonchev–Trinajstić information content (AvgIpc) is 3.61. The number of likely N-dealkylation sites (tertiary alicyclic amines) is 1. The minimum absolute atomic E-state index is 0.296. The fourth-order valence-electron chi connectivity index (χ4n) is 7.31. The van der Waals surface area contributed by atoms with E-state index in [0.717, 1.165) is 58.7 Å². The lowest BCUT2D eigenvalue weighted by molar-refractivity contribution is 0.114. The van der Waals surface area contributed by atoms with E-state index >= 15 is 4.39 Å². The van der Waals surface area contributed by atoms with Crippen molar-refractivity contribution >= 4 is 67.2 Å². The maximum atomic E-state index is 15.3. The Kier molecular flexibility index (Phi) is 8.35. The van der Waals surface area contributed by atoms with Crippen LogP contribution in [0.3, 0.4) is 0 Å². The Morgan fingerprint density at radius 1 is 1.10 bits per heavy atom. The number of nitrogens with zero attached hydrogens (tertiary/aromatic N) is 5. The molecule has 11 heteroatoms. The van der Waals surface area contributed by atoms with Crippen LogP contribution in [0.15, 0.2) is 82.7 Å². The van der Waals surface area contributed by atoms with Gasteiger partial charge in [0.15, 0.2) is 0 Å². The number of allylic oxidation sites excluding steroid dienone is 1. The first-order chi connectivity index (χ1) is 24.6. The molecule has 3 aromatic carbocycles. The number of anilines is 1. The number of aromatic nitrogens is 2. The Hall–Kier alpha value is -5.13. The van der Waals surface area contributed by atoms with Crippen LogP contribution in [0, 0.1) is 17.6 Å². The second kappa shape index (κ2) is 12.9. The van der Waals surface area contributed by atoms with Crippen molar-refractivity contribution in [3.63, 3.8) is 0 Å². The van der Waals surface area contributed by atoms with Crippen LogP contribution in [-0.4, -0.2) is 64.2 Å². The highest BCUT2D eigenvalue weighted by atomic mass is 32.2. The number of hydrogen-bond acceptors (Lipinski definition) is 6. The van der Waals surface area contributed by atoms with Crippen molar-refractivity contribution in [2.45, 2.75) is 19.8 Å². The molecular weight excluding hydrogens is 667 g/mol. The van der Waals surface area contributed by atoms with E-state index < -0.39 is 11.0 Å². The van der Waals surface area contributed by atoms with Gasteiger partial charge in [0.1, 0.15) is 45.5 Å². The van der Waals surface area contributed by atoms with Crippen LogP contribution < -0.4 is 9.62 Å². The molecule has 8 rings (SSSR count). The number of halogens is 2. The molecule has 1 unspecified atom stereocenters. The minimum Gasteiger partial charge on any atom is -0.455 e. The molecule has 2 aliphatic rings. The summed E-state index contributed by atoms with van der Waals surface area (Å²) in [4.78, 5) is 12.9. The van der Waals surface area contributed by atoms with Gasteiger partial charge in [-0.2, -0.15) is 0 Å². The van der Waals surface area contributed by atoms with E-state index in [1.807, 2.05) is 36.4 Å². The molecule has 1 fully saturated rings. The number of aliphatic imine (C=N–C) groups is 1. The first-order valence-electron chi connectivity index (χ1n) is 17.0. The minimum atomic E-state index is -1.37. The second-order valence-electron chi connectivity index (χ2n) is 13.4. The van der Waals surface area contributed by atoms with Crippen molar-refractivity contribution in [1.82, 2.24) is 19.6 Å². The zero-order chi connectivity index (χ0) is 35.6. The molecule has 3 aromatic heterocycles. The SMILES string of the molecule is C=C(NC)c1c(-c2ccc(F)cc2)oc2cc(N(C)S(C)=O)c(C3=Nc4c(nc(CCN5CC(C)C5)n5c4cc4c(F)cccc45)C=CC3)cc12. The van der Waals surface area contributed by atoms with Crippen LogP contribution in [0.1, 0.15) is 36.0 Å². The highest BCUT2D eigenvalue weighted by Crippen LogP contribution is 2.42. The quantitative estimate of drug-likeness (QED) is 0.165. The van der Waals surface area contributed by atoms with Gasteiger partial charge in [-0.3, -0.25) is 8.71 Å². The van der Waals surface area contributed by atoms with Crippen molar-refractivity contribution in [2.75, 3.05) is 44.3 Å². The average molecular weight is 705 g/mol. The van der Waals surface area contributed by atoms with Crippen molar-refractivity contribution in [1.29, 1.82) is 0 Å². The van der Waals surface area contributed by atoms with Crippen molar-refractivity contribution in [2.24, 2.45) is 10.9 Å². The summed E-state index contributed by atoms with van der Waals surface area (Å²) in [5.41, 5.74) is 7.63. The molecule has 1 saturated heterocycles. The molecule has 6 aromatic rings. The van der Waals surface area contributed by atoms with E-state index in [-0.39, 0.29) is 11.6 Å². The van der Waals surface area contributed by atoms with E-state index in [1.54, 1.807) is 42.9 Å². The molecule has 51 heavy (non-hydrogen) atoms. The summed E-state index contributed by atoms with van der Waals surface area (Å²) < 4.78 is 52.4. The Balaban J connectivity index is 1.35. The maximum Gasteiger partial charge on any atom is 0.144 e. The van der Waals surface area contributed by atoms with Gasteiger partial charge in [-0.1, -0.05) is 25.6 Å². The lowest BCUT2D eigenvalue weighted by Crippen LogP contribution is -2.46. The number of rotatable bonds is 9. The zero-order valence-electron chi connectivity index (χ0n) is 29.0. The first-order valence-corrected chi connectivity index (χ1v) is 18.5. The fourth-order valence-corrected chi connectivity index (χ4v) is 7.74. The summed E-state index contributed by atoms with van der Waals surface area (Å²) in [6, 6.07) is 17.0. The van der Waals surface area contributed by atoms with E-state index in [1.165, 1.54) is 18.2 Å². The number of hydrogen-bond donors (Lipinski definition) is 1. The zero-order valence-corrected chi connectivity index (χ0v) is 29.8. The highest BCUT2D eigenvalue weighted by Gasteiger charge is 2.27. The van der Waals surface area contributed by atoms with Crippen molar-refractivity contribution in [3.05, 3.63) is 108 Å². The summed E-state index contributed by atoms with van der Waals surface area (Å²) in [7, 11) is 2.18. The first kappa shape index (κ1) is 33.0. The maximum absolute atomic E-state index is 15.3. The van der Waals surface area contributed by atoms with Gasteiger partial charge in [-0.15, -0.1) is 0 Å². The summed E-state index contributed by atoms with van der Waals surface area (Å²) in [6.07, 6.45) is 6.83. The monoisotopic (exact) mass is 704 g/mol. The van der Waals surface area contributed by atoms with E-state index in [9.17, 15) is 8.60 Å². The van der Waals surface area contributed by atoms with Gasteiger partial charge >= 0.3 is 0 Å². The van der Waals surface area contributed by atoms with Gasteiger partial charge in [0, 0.05) is 86.5 Å². The Bertz CT molecular complexity index is 2460. The predicted octanol–water partition coefficient (Wildman–Crippen LogP) is 8.13. The molecule has 0 saturated carbocycles. The normalized spacial score (nSPS) is 15.5. The largest absolute Gasteiger partial charge is 0.455 e. The molecule has 0 spiro atoms. The summed E-state index contributed by atoms with van der Waals surface area (Å²) >= 11 is 0. The molecular formula is C40H38F2N6O2S. The molecule has 0 radical (unpaired) electrons. The number of benzene rings is 3. The van der Waals surface area contributed by atoms with Gasteiger partial charge in [0.25, 0.3) is 0 Å². The Morgan fingerprint density at radius 2 is 1.88 bits per heavy atom.